The Bertz CT molecular complexity index is 2440. The van der Waals surface area contributed by atoms with Crippen molar-refractivity contribution < 1.29 is 73.5 Å². The molecule has 0 aliphatic carbocycles. The van der Waals surface area contributed by atoms with Crippen LogP contribution in [-0.2, 0) is 32.3 Å². The van der Waals surface area contributed by atoms with Gasteiger partial charge in [-0.05, 0) is 38.1 Å². The van der Waals surface area contributed by atoms with Crippen molar-refractivity contribution in [2.75, 3.05) is 11.5 Å². The van der Waals surface area contributed by atoms with Crippen LogP contribution < -0.4 is 60.7 Å². The summed E-state index contributed by atoms with van der Waals surface area (Å²) in [7, 11) is 0. The number of tetrazole rings is 1. The Labute approximate surface area is 351 Å². The molecule has 20 nitrogen and oxygen atoms in total. The summed E-state index contributed by atoms with van der Waals surface area (Å²) in [6.45, 7) is 2.85. The fourth-order valence-electron chi connectivity index (χ4n) is 5.63. The van der Waals surface area contributed by atoms with Crippen LogP contribution in [0.4, 0.5) is 5.13 Å². The second kappa shape index (κ2) is 16.1. The predicted octanol–water partition coefficient (Wildman–Crippen LogP) is -3.83. The SMILES string of the molecule is CC(C)(O/N=C(\C(=O)N[C@@H]1C(=O)N2C(c3nnn[n-]3)=C(C[n+]3cc4ccc(CNC(=O)c5ccc(O)c(O)c5Cl)cn4c3)CS[C@H]12)c1csc(N)n1)C(=O)[O-].[Na+]. The molecule has 1 aromatic carbocycles. The fourth-order valence-corrected chi connectivity index (χ4v) is 7.76. The van der Waals surface area contributed by atoms with E-state index in [9.17, 15) is 34.5 Å². The van der Waals surface area contributed by atoms with Crippen molar-refractivity contribution >= 4 is 80.4 Å². The summed E-state index contributed by atoms with van der Waals surface area (Å²) in [5, 5.41) is 56.1. The number of halogens is 1. The van der Waals surface area contributed by atoms with Gasteiger partial charge in [0.05, 0.1) is 28.1 Å². The molecule has 6 heterocycles. The van der Waals surface area contributed by atoms with Crippen LogP contribution >= 0.6 is 34.7 Å². The van der Waals surface area contributed by atoms with Gasteiger partial charge in [0.25, 0.3) is 17.7 Å². The molecule has 7 rings (SSSR count). The number of carbonyl (C=O) groups excluding carboxylic acids is 4. The van der Waals surface area contributed by atoms with Crippen LogP contribution in [0.3, 0.4) is 0 Å². The molecule has 56 heavy (non-hydrogen) atoms. The summed E-state index contributed by atoms with van der Waals surface area (Å²) >= 11 is 8.45. The summed E-state index contributed by atoms with van der Waals surface area (Å²) in [6, 6.07) is 5.16. The predicted molar refractivity (Wildman–Crippen MR) is 192 cm³/mol. The number of aromatic nitrogens is 7. The molecule has 0 spiro atoms. The van der Waals surface area contributed by atoms with Crippen molar-refractivity contribution in [1.82, 2.24) is 45.5 Å². The number of thioether (sulfide) groups is 1. The van der Waals surface area contributed by atoms with Crippen LogP contribution in [0.25, 0.3) is 11.2 Å². The Balaban J connectivity index is 0.00000532. The van der Waals surface area contributed by atoms with E-state index in [1.807, 2.05) is 39.8 Å². The first-order valence-corrected chi connectivity index (χ1v) is 18.4. The molecule has 1 fully saturated rings. The second-order valence-corrected chi connectivity index (χ2v) is 15.1. The van der Waals surface area contributed by atoms with Gasteiger partial charge in [0.2, 0.25) is 6.33 Å². The minimum absolute atomic E-state index is 0. The zero-order valence-corrected chi connectivity index (χ0v) is 33.9. The van der Waals surface area contributed by atoms with Gasteiger partial charge in [-0.25, -0.2) is 14.0 Å². The number of phenols is 2. The number of nitrogens with zero attached hydrogens (tertiary/aromatic N) is 9. The van der Waals surface area contributed by atoms with Gasteiger partial charge in [-0.2, -0.15) is 5.21 Å². The number of fused-ring (bicyclic) bond motifs is 2. The number of nitrogen functional groups attached to an aromatic ring is 1. The minimum atomic E-state index is -1.88. The number of carbonyl (C=O) groups is 4. The van der Waals surface area contributed by atoms with Gasteiger partial charge in [-0.15, -0.1) is 23.1 Å². The number of nitrogens with one attached hydrogen (secondary N) is 2. The van der Waals surface area contributed by atoms with Crippen molar-refractivity contribution in [3.63, 3.8) is 0 Å². The van der Waals surface area contributed by atoms with E-state index in [0.717, 1.165) is 28.0 Å². The third-order valence-corrected chi connectivity index (χ3v) is 10.9. The summed E-state index contributed by atoms with van der Waals surface area (Å²) in [4.78, 5) is 62.1. The van der Waals surface area contributed by atoms with E-state index < -0.39 is 52.2 Å². The summed E-state index contributed by atoms with van der Waals surface area (Å²) in [5.41, 5.74) is 6.27. The number of nitrogens with two attached hydrogens (primary N) is 1. The van der Waals surface area contributed by atoms with Crippen molar-refractivity contribution in [1.29, 1.82) is 0 Å². The van der Waals surface area contributed by atoms with Crippen LogP contribution in [0, 0.1) is 0 Å². The van der Waals surface area contributed by atoms with Gasteiger partial charge in [0.1, 0.15) is 36.0 Å². The second-order valence-electron chi connectivity index (χ2n) is 12.7. The molecule has 24 heteroatoms. The molecule has 3 amide bonds. The number of hydrogen-bond acceptors (Lipinski definition) is 16. The molecule has 1 saturated heterocycles. The molecular formula is C32H28ClN12NaO8S2. The van der Waals surface area contributed by atoms with Crippen LogP contribution in [-0.4, -0.2) is 92.2 Å². The van der Waals surface area contributed by atoms with Gasteiger partial charge in [0.15, 0.2) is 33.5 Å². The molecular weight excluding hydrogens is 803 g/mol. The average molecular weight is 831 g/mol. The Hall–Kier alpha value is -5.26. The number of benzene rings is 1. The molecule has 2 atom stereocenters. The Kier molecular flexibility index (Phi) is 11.6. The normalized spacial score (nSPS) is 16.9. The standard InChI is InChI=1S/C32H29ClN12O8S2.Na/c1-32(2,30(51)52)53-40-21(18-12-55-31(34)36-18)27(49)37-22-28(50)45-23(25-38-41-42-39-25)15(11-54-29(22)45)9-43-10-16-4-3-14(8-44(16)13-43)7-35-26(48)17-5-6-19(46)24(47)20(17)33;/h3-6,8,10,12-13,22,29H,7,9,11H2,1-2H3,(H7-,34,35,36,37,38,39,40,41,42,46,47,48,49,51,52);/q;+1/p-1/t22-,29-;/m1./s1. The van der Waals surface area contributed by atoms with Crippen molar-refractivity contribution in [2.45, 2.75) is 44.0 Å². The number of aromatic hydroxyl groups is 2. The maximum atomic E-state index is 13.7. The number of imidazole rings is 1. The molecule has 2 aliphatic rings. The van der Waals surface area contributed by atoms with Gasteiger partial charge in [-0.3, -0.25) is 29.6 Å². The number of rotatable bonds is 12. The number of aliphatic carboxylic acids is 1. The maximum absolute atomic E-state index is 13.7. The van der Waals surface area contributed by atoms with Crippen molar-refractivity contribution in [2.24, 2.45) is 5.16 Å². The molecule has 0 saturated carbocycles. The molecule has 5 aromatic rings. The van der Waals surface area contributed by atoms with E-state index >= 15 is 0 Å². The number of β-lactam (4-membered cyclic amide) rings is 1. The van der Waals surface area contributed by atoms with E-state index in [1.165, 1.54) is 48.0 Å². The summed E-state index contributed by atoms with van der Waals surface area (Å²) < 4.78 is 3.76. The molecule has 0 unspecified atom stereocenters. The first-order valence-electron chi connectivity index (χ1n) is 16.1. The number of anilines is 1. The smallest absolute Gasteiger partial charge is 0.546 e. The Morgan fingerprint density at radius 1 is 1.25 bits per heavy atom. The number of carboxylic acid groups (broad SMARTS) is 1. The molecule has 6 N–H and O–H groups in total. The molecule has 0 radical (unpaired) electrons. The fraction of sp³-hybridized carbons (Fsp3) is 0.250. The van der Waals surface area contributed by atoms with Crippen LogP contribution in [0.5, 0.6) is 11.5 Å². The average Bonchev–Trinajstić information content (AvgIpc) is 3.93. The Morgan fingerprint density at radius 3 is 2.73 bits per heavy atom. The summed E-state index contributed by atoms with van der Waals surface area (Å²) in [6.07, 6.45) is 5.55. The number of carboxylic acids is 1. The van der Waals surface area contributed by atoms with Gasteiger partial charge < -0.3 is 46.4 Å². The van der Waals surface area contributed by atoms with Crippen molar-refractivity contribution in [3.05, 3.63) is 81.6 Å². The van der Waals surface area contributed by atoms with Gasteiger partial charge in [0, 0.05) is 28.8 Å². The number of oxime groups is 1. The number of hydrogen-bond donors (Lipinski definition) is 5. The van der Waals surface area contributed by atoms with Crippen molar-refractivity contribution in [3.8, 4) is 11.5 Å². The number of pyridine rings is 1. The number of amides is 3. The maximum Gasteiger partial charge on any atom is 1.00 e. The van der Waals surface area contributed by atoms with E-state index in [1.54, 1.807) is 0 Å². The van der Waals surface area contributed by atoms with E-state index in [0.29, 0.717) is 18.0 Å². The third kappa shape index (κ3) is 7.88. The van der Waals surface area contributed by atoms with Gasteiger partial charge in [-0.1, -0.05) is 16.8 Å². The molecule has 2 aliphatic heterocycles. The number of phenolic OH excluding ortho intramolecular Hbond substituents is 2. The van der Waals surface area contributed by atoms with E-state index in [2.05, 4.69) is 41.4 Å². The minimum Gasteiger partial charge on any atom is -0.546 e. The first kappa shape index (κ1) is 40.4. The molecule has 0 bridgehead atoms. The zero-order valence-electron chi connectivity index (χ0n) is 29.5. The van der Waals surface area contributed by atoms with Crippen LogP contribution in [0.1, 0.15) is 41.3 Å². The van der Waals surface area contributed by atoms with Gasteiger partial charge >= 0.3 is 29.6 Å². The number of thiazole rings is 1. The third-order valence-electron chi connectivity index (χ3n) is 8.51. The first-order chi connectivity index (χ1) is 26.2. The van der Waals surface area contributed by atoms with E-state index in [4.69, 9.17) is 22.2 Å². The molecule has 4 aromatic heterocycles. The largest absolute Gasteiger partial charge is 1.00 e. The van der Waals surface area contributed by atoms with E-state index in [-0.39, 0.29) is 69.0 Å². The van der Waals surface area contributed by atoms with Crippen LogP contribution in [0.15, 0.2) is 59.1 Å². The topological polar surface area (TPSA) is 281 Å². The molecule has 284 valence electrons. The monoisotopic (exact) mass is 830 g/mol. The van der Waals surface area contributed by atoms with Crippen LogP contribution in [0.2, 0.25) is 5.02 Å². The summed E-state index contributed by atoms with van der Waals surface area (Å²) in [5.74, 6) is -3.91. The zero-order chi connectivity index (χ0) is 39.2. The quantitative estimate of drug-likeness (QED) is 0.0201. The Morgan fingerprint density at radius 2 is 2.04 bits per heavy atom.